The van der Waals surface area contributed by atoms with Gasteiger partial charge in [-0.15, -0.1) is 0 Å². The standard InChI is InChI=1S/C13H15BrN4O/c14-10-2-1-9(5-10)6-16-13(19)11-7-17-18-4-3-15-8-12(11)18/h3-4,7-10H,1-2,5-6H2,(H,16,19). The Hall–Kier alpha value is -1.43. The zero-order valence-electron chi connectivity index (χ0n) is 10.4. The number of rotatable bonds is 3. The van der Waals surface area contributed by atoms with Gasteiger partial charge in [0.2, 0.25) is 0 Å². The third-order valence-corrected chi connectivity index (χ3v) is 4.43. The summed E-state index contributed by atoms with van der Waals surface area (Å²) in [6.45, 7) is 0.735. The molecule has 2 aromatic rings. The fraction of sp³-hybridized carbons (Fsp3) is 0.462. The largest absolute Gasteiger partial charge is 0.352 e. The Balaban J connectivity index is 1.67. The minimum atomic E-state index is -0.0685. The lowest BCUT2D eigenvalue weighted by molar-refractivity contribution is 0.0949. The van der Waals surface area contributed by atoms with Crippen molar-refractivity contribution in [2.24, 2.45) is 5.92 Å². The average Bonchev–Trinajstić information content (AvgIpc) is 3.02. The van der Waals surface area contributed by atoms with Crippen LogP contribution < -0.4 is 5.32 Å². The number of hydrogen-bond donors (Lipinski definition) is 1. The van der Waals surface area contributed by atoms with Gasteiger partial charge < -0.3 is 5.32 Å². The van der Waals surface area contributed by atoms with E-state index in [0.29, 0.717) is 16.3 Å². The number of hydrogen-bond acceptors (Lipinski definition) is 3. The zero-order valence-corrected chi connectivity index (χ0v) is 12.0. The van der Waals surface area contributed by atoms with Crippen molar-refractivity contribution in [3.8, 4) is 0 Å². The van der Waals surface area contributed by atoms with Crippen molar-refractivity contribution in [3.05, 3.63) is 30.4 Å². The average molecular weight is 323 g/mol. The van der Waals surface area contributed by atoms with E-state index in [0.717, 1.165) is 18.5 Å². The highest BCUT2D eigenvalue weighted by molar-refractivity contribution is 9.09. The van der Waals surface area contributed by atoms with E-state index in [4.69, 9.17) is 0 Å². The lowest BCUT2D eigenvalue weighted by Gasteiger charge is -2.10. The molecular formula is C13H15BrN4O. The number of halogens is 1. The first kappa shape index (κ1) is 12.6. The van der Waals surface area contributed by atoms with Crippen molar-refractivity contribution in [2.75, 3.05) is 6.54 Å². The minimum Gasteiger partial charge on any atom is -0.352 e. The van der Waals surface area contributed by atoms with Crippen LogP contribution in [0.2, 0.25) is 0 Å². The third kappa shape index (κ3) is 2.63. The van der Waals surface area contributed by atoms with Gasteiger partial charge in [0.15, 0.2) is 0 Å². The number of nitrogens with zero attached hydrogens (tertiary/aromatic N) is 3. The van der Waals surface area contributed by atoms with Gasteiger partial charge in [0.25, 0.3) is 5.91 Å². The highest BCUT2D eigenvalue weighted by Gasteiger charge is 2.23. The zero-order chi connectivity index (χ0) is 13.2. The molecule has 2 aromatic heterocycles. The summed E-state index contributed by atoms with van der Waals surface area (Å²) >= 11 is 3.62. The SMILES string of the molecule is O=C(NCC1CCC(Br)C1)c1cnn2ccncc12. The second-order valence-electron chi connectivity index (χ2n) is 4.95. The van der Waals surface area contributed by atoms with Gasteiger partial charge in [-0.1, -0.05) is 15.9 Å². The van der Waals surface area contributed by atoms with E-state index in [9.17, 15) is 4.79 Å². The Morgan fingerprint density at radius 3 is 3.16 bits per heavy atom. The second kappa shape index (κ2) is 5.28. The Morgan fingerprint density at radius 1 is 1.47 bits per heavy atom. The molecule has 3 rings (SSSR count). The summed E-state index contributed by atoms with van der Waals surface area (Å²) in [6.07, 6.45) is 10.1. The van der Waals surface area contributed by atoms with E-state index in [1.165, 1.54) is 12.8 Å². The molecule has 1 N–H and O–H groups in total. The van der Waals surface area contributed by atoms with Crippen LogP contribution in [0.15, 0.2) is 24.8 Å². The monoisotopic (exact) mass is 322 g/mol. The third-order valence-electron chi connectivity index (χ3n) is 3.60. The van der Waals surface area contributed by atoms with Crippen LogP contribution in [0.25, 0.3) is 5.52 Å². The molecule has 0 radical (unpaired) electrons. The molecule has 1 fully saturated rings. The summed E-state index contributed by atoms with van der Waals surface area (Å²) < 4.78 is 1.66. The van der Waals surface area contributed by atoms with Crippen LogP contribution in [0.4, 0.5) is 0 Å². The Bertz CT molecular complexity index is 597. The van der Waals surface area contributed by atoms with E-state index in [1.54, 1.807) is 29.3 Å². The summed E-state index contributed by atoms with van der Waals surface area (Å²) in [6, 6.07) is 0. The highest BCUT2D eigenvalue weighted by Crippen LogP contribution is 2.30. The summed E-state index contributed by atoms with van der Waals surface area (Å²) in [5.74, 6) is 0.509. The number of nitrogens with one attached hydrogen (secondary N) is 1. The van der Waals surface area contributed by atoms with Gasteiger partial charge in [-0.25, -0.2) is 4.52 Å². The van der Waals surface area contributed by atoms with Crippen molar-refractivity contribution in [3.63, 3.8) is 0 Å². The van der Waals surface area contributed by atoms with Crippen molar-refractivity contribution >= 4 is 27.4 Å². The van der Waals surface area contributed by atoms with Gasteiger partial charge in [-0.2, -0.15) is 5.10 Å². The Morgan fingerprint density at radius 2 is 2.37 bits per heavy atom. The fourth-order valence-corrected chi connectivity index (χ4v) is 3.33. The highest BCUT2D eigenvalue weighted by atomic mass is 79.9. The molecule has 19 heavy (non-hydrogen) atoms. The molecule has 0 bridgehead atoms. The van der Waals surface area contributed by atoms with Crippen LogP contribution in [0.3, 0.4) is 0 Å². The van der Waals surface area contributed by atoms with E-state index in [-0.39, 0.29) is 5.91 Å². The maximum Gasteiger partial charge on any atom is 0.255 e. The Labute approximate surface area is 119 Å². The minimum absolute atomic E-state index is 0.0685. The summed E-state index contributed by atoms with van der Waals surface area (Å²) in [5.41, 5.74) is 1.33. The van der Waals surface area contributed by atoms with Crippen LogP contribution in [0.5, 0.6) is 0 Å². The topological polar surface area (TPSA) is 59.3 Å². The number of carbonyl (C=O) groups is 1. The molecule has 0 saturated heterocycles. The fourth-order valence-electron chi connectivity index (χ4n) is 2.54. The first-order valence-corrected chi connectivity index (χ1v) is 7.35. The van der Waals surface area contributed by atoms with E-state index >= 15 is 0 Å². The maximum absolute atomic E-state index is 12.2. The van der Waals surface area contributed by atoms with Crippen LogP contribution in [0, 0.1) is 5.92 Å². The van der Waals surface area contributed by atoms with Crippen LogP contribution in [-0.2, 0) is 0 Å². The molecule has 1 aliphatic carbocycles. The molecule has 5 nitrogen and oxygen atoms in total. The lowest BCUT2D eigenvalue weighted by atomic mass is 10.1. The molecule has 0 spiro atoms. The second-order valence-corrected chi connectivity index (χ2v) is 6.25. The summed E-state index contributed by atoms with van der Waals surface area (Å²) in [5, 5.41) is 7.14. The van der Waals surface area contributed by atoms with Crippen molar-refractivity contribution in [1.29, 1.82) is 0 Å². The molecule has 0 aromatic carbocycles. The molecule has 6 heteroatoms. The molecule has 2 atom stereocenters. The summed E-state index contributed by atoms with van der Waals surface area (Å²) in [7, 11) is 0. The van der Waals surface area contributed by atoms with Gasteiger partial charge in [0, 0.05) is 23.8 Å². The molecule has 0 aliphatic heterocycles. The molecule has 1 saturated carbocycles. The Kier molecular flexibility index (Phi) is 3.50. The van der Waals surface area contributed by atoms with Crippen molar-refractivity contribution in [1.82, 2.24) is 19.9 Å². The predicted molar refractivity (Wildman–Crippen MR) is 75.4 cm³/mol. The van der Waals surface area contributed by atoms with Crippen molar-refractivity contribution < 1.29 is 4.79 Å². The number of carbonyl (C=O) groups excluding carboxylic acids is 1. The van der Waals surface area contributed by atoms with Gasteiger partial charge in [0.05, 0.1) is 23.5 Å². The van der Waals surface area contributed by atoms with Crippen molar-refractivity contribution in [2.45, 2.75) is 24.1 Å². The smallest absolute Gasteiger partial charge is 0.255 e. The lowest BCUT2D eigenvalue weighted by Crippen LogP contribution is -2.28. The van der Waals surface area contributed by atoms with E-state index < -0.39 is 0 Å². The van der Waals surface area contributed by atoms with Gasteiger partial charge in [0.1, 0.15) is 0 Å². The van der Waals surface area contributed by atoms with Gasteiger partial charge in [-0.05, 0) is 25.2 Å². The quantitative estimate of drug-likeness (QED) is 0.879. The molecule has 1 aliphatic rings. The first-order chi connectivity index (χ1) is 9.24. The normalized spacial score (nSPS) is 22.8. The number of amides is 1. The molecule has 100 valence electrons. The predicted octanol–water partition coefficient (Wildman–Crippen LogP) is 2.02. The van der Waals surface area contributed by atoms with Gasteiger partial charge in [-0.3, -0.25) is 9.78 Å². The number of aromatic nitrogens is 3. The van der Waals surface area contributed by atoms with E-state index in [2.05, 4.69) is 31.3 Å². The number of alkyl halides is 1. The molecule has 1 amide bonds. The molecule has 2 unspecified atom stereocenters. The van der Waals surface area contributed by atoms with Crippen LogP contribution in [0.1, 0.15) is 29.6 Å². The number of fused-ring (bicyclic) bond motifs is 1. The maximum atomic E-state index is 12.2. The van der Waals surface area contributed by atoms with E-state index in [1.807, 2.05) is 0 Å². The van der Waals surface area contributed by atoms with Crippen LogP contribution >= 0.6 is 15.9 Å². The first-order valence-electron chi connectivity index (χ1n) is 6.43. The molecular weight excluding hydrogens is 308 g/mol. The molecule has 2 heterocycles. The van der Waals surface area contributed by atoms with Crippen LogP contribution in [-0.4, -0.2) is 31.9 Å². The summed E-state index contributed by atoms with van der Waals surface area (Å²) in [4.78, 5) is 16.8. The van der Waals surface area contributed by atoms with Gasteiger partial charge >= 0.3 is 0 Å².